The van der Waals surface area contributed by atoms with Crippen molar-refractivity contribution in [2.75, 3.05) is 5.32 Å². The Morgan fingerprint density at radius 2 is 1.90 bits per heavy atom. The molecule has 0 aliphatic rings. The summed E-state index contributed by atoms with van der Waals surface area (Å²) in [5.41, 5.74) is 4.64. The molecule has 0 aliphatic carbocycles. The maximum absolute atomic E-state index is 12.9. The molecule has 2 aromatic heterocycles. The molecule has 0 spiro atoms. The van der Waals surface area contributed by atoms with Gasteiger partial charge in [-0.25, -0.2) is 0 Å². The molecule has 6 nitrogen and oxygen atoms in total. The van der Waals surface area contributed by atoms with E-state index in [4.69, 9.17) is 4.42 Å². The van der Waals surface area contributed by atoms with Crippen LogP contribution < -0.4 is 5.32 Å². The van der Waals surface area contributed by atoms with Crippen LogP contribution in [-0.2, 0) is 11.3 Å². The van der Waals surface area contributed by atoms with Gasteiger partial charge in [0.2, 0.25) is 11.8 Å². The molecular formula is C23H24N4O2. The maximum Gasteiger partial charge on any atom is 0.264 e. The molecule has 0 radical (unpaired) electrons. The van der Waals surface area contributed by atoms with Crippen LogP contribution in [0.4, 0.5) is 5.69 Å². The van der Waals surface area contributed by atoms with Crippen LogP contribution in [0.1, 0.15) is 36.8 Å². The van der Waals surface area contributed by atoms with Crippen LogP contribution in [0.3, 0.4) is 0 Å². The van der Waals surface area contributed by atoms with E-state index in [0.717, 1.165) is 33.4 Å². The van der Waals surface area contributed by atoms with E-state index in [1.54, 1.807) is 0 Å². The lowest BCUT2D eigenvalue weighted by Gasteiger charge is -2.12. The van der Waals surface area contributed by atoms with Crippen molar-refractivity contribution < 1.29 is 9.21 Å². The summed E-state index contributed by atoms with van der Waals surface area (Å²) in [6.07, 6.45) is 0. The van der Waals surface area contributed by atoms with Crippen LogP contribution in [0.5, 0.6) is 0 Å². The quantitative estimate of drug-likeness (QED) is 0.518. The molecule has 0 aliphatic heterocycles. The average molecular weight is 388 g/mol. The zero-order valence-corrected chi connectivity index (χ0v) is 17.1. The largest absolute Gasteiger partial charge is 0.419 e. The second kappa shape index (κ2) is 7.54. The van der Waals surface area contributed by atoms with Crippen molar-refractivity contribution in [1.82, 2.24) is 14.8 Å². The standard InChI is InChI=1S/C23H24N4O2/c1-14(2)22-25-26-23(29-22)20-12-17-7-5-6-8-19(17)27(20)13-21(28)24-18-11-15(3)9-10-16(18)4/h5-12,14H,13H2,1-4H3,(H,24,28). The first-order chi connectivity index (χ1) is 13.9. The third-order valence-corrected chi connectivity index (χ3v) is 4.93. The molecular weight excluding hydrogens is 364 g/mol. The number of benzene rings is 2. The molecule has 0 unspecified atom stereocenters. The number of nitrogens with zero attached hydrogens (tertiary/aromatic N) is 3. The summed E-state index contributed by atoms with van der Waals surface area (Å²) in [5, 5.41) is 12.4. The van der Waals surface area contributed by atoms with Crippen LogP contribution in [0, 0.1) is 13.8 Å². The molecule has 148 valence electrons. The first-order valence-corrected chi connectivity index (χ1v) is 9.71. The van der Waals surface area contributed by atoms with Gasteiger partial charge >= 0.3 is 0 Å². The van der Waals surface area contributed by atoms with Crippen molar-refractivity contribution >= 4 is 22.5 Å². The van der Waals surface area contributed by atoms with E-state index in [0.29, 0.717) is 11.8 Å². The summed E-state index contributed by atoms with van der Waals surface area (Å²) < 4.78 is 7.79. The van der Waals surface area contributed by atoms with Crippen molar-refractivity contribution in [2.45, 2.75) is 40.2 Å². The molecule has 1 amide bonds. The van der Waals surface area contributed by atoms with Crippen molar-refractivity contribution in [3.05, 3.63) is 65.5 Å². The smallest absolute Gasteiger partial charge is 0.264 e. The number of aromatic nitrogens is 3. The van der Waals surface area contributed by atoms with Gasteiger partial charge in [-0.2, -0.15) is 0 Å². The first-order valence-electron chi connectivity index (χ1n) is 9.71. The summed E-state index contributed by atoms with van der Waals surface area (Å²) in [6, 6.07) is 15.9. The highest BCUT2D eigenvalue weighted by molar-refractivity contribution is 5.94. The van der Waals surface area contributed by atoms with E-state index in [-0.39, 0.29) is 18.4 Å². The molecule has 2 aromatic carbocycles. The summed E-state index contributed by atoms with van der Waals surface area (Å²) >= 11 is 0. The van der Waals surface area contributed by atoms with Gasteiger partial charge < -0.3 is 14.3 Å². The Labute approximate surface area is 169 Å². The lowest BCUT2D eigenvalue weighted by Crippen LogP contribution is -2.19. The maximum atomic E-state index is 12.9. The van der Waals surface area contributed by atoms with E-state index < -0.39 is 0 Å². The molecule has 0 saturated carbocycles. The number of carbonyl (C=O) groups excluding carboxylic acids is 1. The third-order valence-electron chi connectivity index (χ3n) is 4.93. The van der Waals surface area contributed by atoms with Gasteiger partial charge in [-0.15, -0.1) is 10.2 Å². The van der Waals surface area contributed by atoms with Crippen molar-refractivity contribution in [2.24, 2.45) is 0 Å². The number of carbonyl (C=O) groups is 1. The lowest BCUT2D eigenvalue weighted by atomic mass is 10.1. The summed E-state index contributed by atoms with van der Waals surface area (Å²) in [6.45, 7) is 8.15. The topological polar surface area (TPSA) is 73.0 Å². The number of hydrogen-bond acceptors (Lipinski definition) is 4. The van der Waals surface area contributed by atoms with Gasteiger partial charge in [-0.05, 0) is 43.2 Å². The van der Waals surface area contributed by atoms with E-state index in [9.17, 15) is 4.79 Å². The summed E-state index contributed by atoms with van der Waals surface area (Å²) in [7, 11) is 0. The van der Waals surface area contributed by atoms with Gasteiger partial charge in [0.05, 0.1) is 0 Å². The number of amides is 1. The van der Waals surface area contributed by atoms with Gasteiger partial charge in [0, 0.05) is 22.5 Å². The van der Waals surface area contributed by atoms with E-state index in [1.807, 2.05) is 80.8 Å². The molecule has 2 heterocycles. The second-order valence-corrected chi connectivity index (χ2v) is 7.64. The Morgan fingerprint density at radius 1 is 1.10 bits per heavy atom. The average Bonchev–Trinajstić information content (AvgIpc) is 3.30. The van der Waals surface area contributed by atoms with E-state index >= 15 is 0 Å². The minimum atomic E-state index is -0.107. The van der Waals surface area contributed by atoms with Crippen molar-refractivity contribution in [3.63, 3.8) is 0 Å². The Kier molecular flexibility index (Phi) is 4.92. The zero-order chi connectivity index (χ0) is 20.5. The lowest BCUT2D eigenvalue weighted by molar-refractivity contribution is -0.116. The molecule has 0 fully saturated rings. The van der Waals surface area contributed by atoms with Crippen LogP contribution >= 0.6 is 0 Å². The van der Waals surface area contributed by atoms with Gasteiger partial charge in [-0.1, -0.05) is 44.2 Å². The van der Waals surface area contributed by atoms with Crippen molar-refractivity contribution in [1.29, 1.82) is 0 Å². The van der Waals surface area contributed by atoms with Crippen molar-refractivity contribution in [3.8, 4) is 11.6 Å². The number of hydrogen-bond donors (Lipinski definition) is 1. The minimum Gasteiger partial charge on any atom is -0.419 e. The highest BCUT2D eigenvalue weighted by Crippen LogP contribution is 2.29. The van der Waals surface area contributed by atoms with Crippen LogP contribution in [0.25, 0.3) is 22.5 Å². The summed E-state index contributed by atoms with van der Waals surface area (Å²) in [4.78, 5) is 12.9. The third kappa shape index (κ3) is 3.78. The summed E-state index contributed by atoms with van der Waals surface area (Å²) in [5.74, 6) is 1.03. The predicted molar refractivity (Wildman–Crippen MR) is 114 cm³/mol. The number of fused-ring (bicyclic) bond motifs is 1. The Bertz CT molecular complexity index is 1190. The molecule has 4 rings (SSSR count). The fraction of sp³-hybridized carbons (Fsp3) is 0.261. The normalized spacial score (nSPS) is 11.3. The number of para-hydroxylation sites is 1. The fourth-order valence-corrected chi connectivity index (χ4v) is 3.33. The number of nitrogens with one attached hydrogen (secondary N) is 1. The van der Waals surface area contributed by atoms with Gasteiger partial charge in [0.15, 0.2) is 0 Å². The van der Waals surface area contributed by atoms with Crippen LogP contribution in [0.2, 0.25) is 0 Å². The molecule has 0 bridgehead atoms. The predicted octanol–water partition coefficient (Wildman–Crippen LogP) is 5.07. The highest BCUT2D eigenvalue weighted by atomic mass is 16.4. The second-order valence-electron chi connectivity index (χ2n) is 7.64. The first kappa shape index (κ1) is 18.9. The number of anilines is 1. The monoisotopic (exact) mass is 388 g/mol. The van der Waals surface area contributed by atoms with E-state index in [2.05, 4.69) is 15.5 Å². The molecule has 0 saturated heterocycles. The van der Waals surface area contributed by atoms with Crippen LogP contribution in [0.15, 0.2) is 52.9 Å². The number of rotatable bonds is 5. The molecule has 1 N–H and O–H groups in total. The molecule has 0 atom stereocenters. The molecule has 4 aromatic rings. The highest BCUT2D eigenvalue weighted by Gasteiger charge is 2.19. The van der Waals surface area contributed by atoms with Crippen LogP contribution in [-0.4, -0.2) is 20.7 Å². The molecule has 6 heteroatoms. The zero-order valence-electron chi connectivity index (χ0n) is 17.1. The molecule has 29 heavy (non-hydrogen) atoms. The SMILES string of the molecule is Cc1ccc(C)c(NC(=O)Cn2c(-c3nnc(C(C)C)o3)cc3ccccc32)c1. The minimum absolute atomic E-state index is 0.107. The Hall–Kier alpha value is -3.41. The Balaban J connectivity index is 1.70. The van der Waals surface area contributed by atoms with Gasteiger partial charge in [0.1, 0.15) is 12.2 Å². The van der Waals surface area contributed by atoms with E-state index in [1.165, 1.54) is 0 Å². The Morgan fingerprint density at radius 3 is 2.66 bits per heavy atom. The fourth-order valence-electron chi connectivity index (χ4n) is 3.33. The number of aryl methyl sites for hydroxylation is 2. The van der Waals surface area contributed by atoms with Gasteiger partial charge in [-0.3, -0.25) is 4.79 Å². The van der Waals surface area contributed by atoms with Gasteiger partial charge in [0.25, 0.3) is 5.89 Å².